The van der Waals surface area contributed by atoms with E-state index in [-0.39, 0.29) is 0 Å². The summed E-state index contributed by atoms with van der Waals surface area (Å²) in [5, 5.41) is 1.33. The fourth-order valence-electron chi connectivity index (χ4n) is 1.24. The van der Waals surface area contributed by atoms with Crippen molar-refractivity contribution in [2.24, 2.45) is 0 Å². The average Bonchev–Trinajstić information content (AvgIpc) is 2.30. The number of halogens is 2. The van der Waals surface area contributed by atoms with Gasteiger partial charge in [0.05, 0.1) is 5.02 Å². The molecule has 0 aliphatic rings. The highest BCUT2D eigenvalue weighted by Gasteiger charge is 2.03. The van der Waals surface area contributed by atoms with E-state index in [1.807, 2.05) is 36.4 Å². The zero-order chi connectivity index (χ0) is 11.4. The van der Waals surface area contributed by atoms with E-state index in [9.17, 15) is 0 Å². The van der Waals surface area contributed by atoms with Crippen LogP contribution in [0.15, 0.2) is 47.5 Å². The summed E-state index contributed by atoms with van der Waals surface area (Å²) >= 11 is 13.7. The third kappa shape index (κ3) is 2.91. The number of aromatic nitrogens is 1. The lowest BCUT2D eigenvalue weighted by molar-refractivity contribution is 1.25. The Morgan fingerprint density at radius 2 is 1.88 bits per heavy atom. The molecule has 0 N–H and O–H groups in total. The summed E-state index contributed by atoms with van der Waals surface area (Å²) in [5.41, 5.74) is 1.02. The highest BCUT2D eigenvalue weighted by molar-refractivity contribution is 7.98. The second-order valence-electron chi connectivity index (χ2n) is 3.17. The summed E-state index contributed by atoms with van der Waals surface area (Å²) in [6, 6.07) is 11.6. The molecule has 0 atom stereocenters. The predicted octanol–water partition coefficient (Wildman–Crippen LogP) is 4.68. The maximum atomic E-state index is 6.06. The number of hydrogen-bond acceptors (Lipinski definition) is 2. The first-order chi connectivity index (χ1) is 7.77. The van der Waals surface area contributed by atoms with Gasteiger partial charge in [-0.1, -0.05) is 41.4 Å². The van der Waals surface area contributed by atoms with Gasteiger partial charge in [0.1, 0.15) is 5.15 Å². The molecule has 0 aliphatic heterocycles. The van der Waals surface area contributed by atoms with Crippen LogP contribution >= 0.6 is 35.0 Å². The van der Waals surface area contributed by atoms with Gasteiger partial charge in [0.2, 0.25) is 0 Å². The van der Waals surface area contributed by atoms with Gasteiger partial charge in [-0.3, -0.25) is 0 Å². The largest absolute Gasteiger partial charge is 0.244 e. The molecule has 2 rings (SSSR count). The molecule has 0 aliphatic carbocycles. The van der Waals surface area contributed by atoms with Crippen molar-refractivity contribution in [1.29, 1.82) is 0 Å². The lowest BCUT2D eigenvalue weighted by Gasteiger charge is -2.04. The number of pyridine rings is 1. The van der Waals surface area contributed by atoms with Crippen LogP contribution in [0.3, 0.4) is 0 Å². The standard InChI is InChI=1S/C12H9Cl2NS/c13-10-5-1-2-6-11(10)16-8-9-4-3-7-15-12(9)14/h1-7H,8H2. The van der Waals surface area contributed by atoms with Gasteiger partial charge in [-0.25, -0.2) is 4.98 Å². The van der Waals surface area contributed by atoms with Crippen molar-refractivity contribution < 1.29 is 0 Å². The molecule has 1 aromatic heterocycles. The Morgan fingerprint density at radius 1 is 1.06 bits per heavy atom. The Bertz CT molecular complexity index is 442. The minimum Gasteiger partial charge on any atom is -0.244 e. The van der Waals surface area contributed by atoms with E-state index in [2.05, 4.69) is 4.98 Å². The topological polar surface area (TPSA) is 12.9 Å². The van der Waals surface area contributed by atoms with Crippen LogP contribution in [0.4, 0.5) is 0 Å². The molecular formula is C12H9Cl2NS. The first kappa shape index (κ1) is 11.8. The van der Waals surface area contributed by atoms with Crippen LogP contribution < -0.4 is 0 Å². The molecule has 0 bridgehead atoms. The molecule has 0 amide bonds. The molecule has 1 heterocycles. The molecule has 16 heavy (non-hydrogen) atoms. The van der Waals surface area contributed by atoms with Gasteiger partial charge >= 0.3 is 0 Å². The van der Waals surface area contributed by atoms with Gasteiger partial charge in [-0.05, 0) is 23.8 Å². The third-order valence-electron chi connectivity index (χ3n) is 2.06. The number of rotatable bonds is 3. The monoisotopic (exact) mass is 269 g/mol. The van der Waals surface area contributed by atoms with Gasteiger partial charge in [0, 0.05) is 16.8 Å². The Hall–Kier alpha value is -0.700. The SMILES string of the molecule is Clc1ccccc1SCc1cccnc1Cl. The Balaban J connectivity index is 2.09. The van der Waals surface area contributed by atoms with Crippen LogP contribution in [0.1, 0.15) is 5.56 Å². The van der Waals surface area contributed by atoms with Crippen molar-refractivity contribution in [3.05, 3.63) is 58.3 Å². The quantitative estimate of drug-likeness (QED) is 0.593. The molecule has 2 aromatic rings. The predicted molar refractivity (Wildman–Crippen MR) is 70.3 cm³/mol. The van der Waals surface area contributed by atoms with Gasteiger partial charge in [0.25, 0.3) is 0 Å². The lowest BCUT2D eigenvalue weighted by Crippen LogP contribution is -1.85. The smallest absolute Gasteiger partial charge is 0.133 e. The summed E-state index contributed by atoms with van der Waals surface area (Å²) in [7, 11) is 0. The molecule has 1 aromatic carbocycles. The van der Waals surface area contributed by atoms with Crippen molar-refractivity contribution >= 4 is 35.0 Å². The highest BCUT2D eigenvalue weighted by Crippen LogP contribution is 2.30. The first-order valence-electron chi connectivity index (χ1n) is 4.74. The highest BCUT2D eigenvalue weighted by atomic mass is 35.5. The first-order valence-corrected chi connectivity index (χ1v) is 6.48. The lowest BCUT2D eigenvalue weighted by atomic mass is 10.3. The molecule has 4 heteroatoms. The van der Waals surface area contributed by atoms with Crippen molar-refractivity contribution in [2.75, 3.05) is 0 Å². The average molecular weight is 270 g/mol. The molecule has 82 valence electrons. The Kier molecular flexibility index (Phi) is 4.10. The van der Waals surface area contributed by atoms with E-state index in [0.29, 0.717) is 5.15 Å². The fourth-order valence-corrected chi connectivity index (χ4v) is 2.73. The Morgan fingerprint density at radius 3 is 2.62 bits per heavy atom. The van der Waals surface area contributed by atoms with Crippen LogP contribution in [0.5, 0.6) is 0 Å². The van der Waals surface area contributed by atoms with E-state index in [4.69, 9.17) is 23.2 Å². The fraction of sp³-hybridized carbons (Fsp3) is 0.0833. The summed E-state index contributed by atoms with van der Waals surface area (Å²) < 4.78 is 0. The zero-order valence-corrected chi connectivity index (χ0v) is 10.7. The van der Waals surface area contributed by atoms with E-state index < -0.39 is 0 Å². The van der Waals surface area contributed by atoms with Gasteiger partial charge in [-0.2, -0.15) is 0 Å². The van der Waals surface area contributed by atoms with Gasteiger partial charge < -0.3 is 0 Å². The second kappa shape index (κ2) is 5.58. The third-order valence-corrected chi connectivity index (χ3v) is 3.96. The van der Waals surface area contributed by atoms with Crippen LogP contribution in [0.2, 0.25) is 10.2 Å². The second-order valence-corrected chi connectivity index (χ2v) is 4.95. The Labute approximate surface area is 109 Å². The maximum Gasteiger partial charge on any atom is 0.133 e. The molecule has 0 unspecified atom stereocenters. The van der Waals surface area contributed by atoms with Crippen molar-refractivity contribution in [1.82, 2.24) is 4.98 Å². The normalized spacial score (nSPS) is 10.4. The maximum absolute atomic E-state index is 6.06. The zero-order valence-electron chi connectivity index (χ0n) is 8.36. The summed E-state index contributed by atoms with van der Waals surface area (Å²) in [6.07, 6.45) is 1.69. The van der Waals surface area contributed by atoms with E-state index in [1.54, 1.807) is 18.0 Å². The van der Waals surface area contributed by atoms with Crippen LogP contribution in [-0.4, -0.2) is 4.98 Å². The summed E-state index contributed by atoms with van der Waals surface area (Å²) in [5.74, 6) is 0.774. The van der Waals surface area contributed by atoms with E-state index in [1.165, 1.54) is 0 Å². The molecule has 0 radical (unpaired) electrons. The molecule has 0 saturated carbocycles. The summed E-state index contributed by atoms with van der Waals surface area (Å²) in [6.45, 7) is 0. The number of thioether (sulfide) groups is 1. The summed E-state index contributed by atoms with van der Waals surface area (Å²) in [4.78, 5) is 5.09. The molecule has 0 spiro atoms. The van der Waals surface area contributed by atoms with Crippen molar-refractivity contribution in [3.8, 4) is 0 Å². The van der Waals surface area contributed by atoms with Gasteiger partial charge in [-0.15, -0.1) is 11.8 Å². The number of nitrogens with zero attached hydrogens (tertiary/aromatic N) is 1. The molecule has 1 nitrogen and oxygen atoms in total. The van der Waals surface area contributed by atoms with E-state index >= 15 is 0 Å². The minimum atomic E-state index is 0.557. The molecule has 0 saturated heterocycles. The van der Waals surface area contributed by atoms with Crippen LogP contribution in [0.25, 0.3) is 0 Å². The molecule has 0 fully saturated rings. The van der Waals surface area contributed by atoms with Crippen molar-refractivity contribution in [3.63, 3.8) is 0 Å². The number of benzene rings is 1. The number of hydrogen-bond donors (Lipinski definition) is 0. The van der Waals surface area contributed by atoms with Crippen molar-refractivity contribution in [2.45, 2.75) is 10.6 Å². The van der Waals surface area contributed by atoms with Crippen LogP contribution in [0, 0.1) is 0 Å². The van der Waals surface area contributed by atoms with Gasteiger partial charge in [0.15, 0.2) is 0 Å². The minimum absolute atomic E-state index is 0.557. The molecular weight excluding hydrogens is 261 g/mol. The van der Waals surface area contributed by atoms with Crippen LogP contribution in [-0.2, 0) is 5.75 Å². The van der Waals surface area contributed by atoms with E-state index in [0.717, 1.165) is 21.2 Å².